The number of rotatable bonds is 5. The van der Waals surface area contributed by atoms with Gasteiger partial charge in [-0.25, -0.2) is 0 Å². The fourth-order valence-corrected chi connectivity index (χ4v) is 1.69. The van der Waals surface area contributed by atoms with Crippen molar-refractivity contribution in [2.75, 3.05) is 0 Å². The number of aliphatic hydroxyl groups excluding tert-OH is 1. The molecule has 1 heteroatoms. The van der Waals surface area contributed by atoms with Gasteiger partial charge in [0.05, 0.1) is 6.10 Å². The smallest absolute Gasteiger partial charge is 0.0565 e. The van der Waals surface area contributed by atoms with E-state index in [4.69, 9.17) is 0 Å². The van der Waals surface area contributed by atoms with Crippen LogP contribution in [0.5, 0.6) is 0 Å². The van der Waals surface area contributed by atoms with Gasteiger partial charge in [0, 0.05) is 0 Å². The molecule has 68 valence electrons. The maximum absolute atomic E-state index is 9.53. The zero-order chi connectivity index (χ0) is 8.91. The predicted molar refractivity (Wildman–Crippen MR) is 49.6 cm³/mol. The van der Waals surface area contributed by atoms with Crippen LogP contribution in [0.4, 0.5) is 0 Å². The van der Waals surface area contributed by atoms with Crippen LogP contribution in [0.3, 0.4) is 0 Å². The summed E-state index contributed by atoms with van der Waals surface area (Å²) >= 11 is 0. The van der Waals surface area contributed by atoms with Crippen molar-refractivity contribution in [3.63, 3.8) is 0 Å². The van der Waals surface area contributed by atoms with Crippen LogP contribution in [0.2, 0.25) is 0 Å². The van der Waals surface area contributed by atoms with Gasteiger partial charge in [-0.3, -0.25) is 0 Å². The van der Waals surface area contributed by atoms with E-state index in [1.165, 1.54) is 12.8 Å². The second-order valence-electron chi connectivity index (χ2n) is 3.83. The Bertz CT molecular complexity index is 91.0. The maximum atomic E-state index is 9.53. The van der Waals surface area contributed by atoms with E-state index in [-0.39, 0.29) is 11.5 Å². The van der Waals surface area contributed by atoms with Crippen LogP contribution < -0.4 is 0 Å². The van der Waals surface area contributed by atoms with Crippen LogP contribution in [-0.2, 0) is 0 Å². The lowest BCUT2D eigenvalue weighted by Crippen LogP contribution is -2.29. The van der Waals surface area contributed by atoms with Crippen molar-refractivity contribution in [2.45, 2.75) is 59.5 Å². The van der Waals surface area contributed by atoms with Crippen molar-refractivity contribution < 1.29 is 5.11 Å². The summed E-state index contributed by atoms with van der Waals surface area (Å²) in [6.07, 6.45) is 4.45. The van der Waals surface area contributed by atoms with E-state index in [0.717, 1.165) is 12.8 Å². The third-order valence-electron chi connectivity index (χ3n) is 2.65. The summed E-state index contributed by atoms with van der Waals surface area (Å²) in [5, 5.41) is 9.53. The molecule has 0 aromatic heterocycles. The first-order valence-corrected chi connectivity index (χ1v) is 4.75. The molecule has 11 heavy (non-hydrogen) atoms. The SMILES string of the molecule is CCCC(C)(CCC)C(C)O. The molecule has 0 aliphatic carbocycles. The minimum atomic E-state index is -0.164. The molecule has 0 spiro atoms. The molecule has 0 bridgehead atoms. The fourth-order valence-electron chi connectivity index (χ4n) is 1.69. The quantitative estimate of drug-likeness (QED) is 0.652. The van der Waals surface area contributed by atoms with Crippen molar-refractivity contribution in [3.05, 3.63) is 0 Å². The van der Waals surface area contributed by atoms with E-state index in [9.17, 15) is 5.11 Å². The predicted octanol–water partition coefficient (Wildman–Crippen LogP) is 2.97. The van der Waals surface area contributed by atoms with Gasteiger partial charge in [-0.15, -0.1) is 0 Å². The van der Waals surface area contributed by atoms with Crippen molar-refractivity contribution >= 4 is 0 Å². The summed E-state index contributed by atoms with van der Waals surface area (Å²) in [6, 6.07) is 0. The highest BCUT2D eigenvalue weighted by atomic mass is 16.3. The van der Waals surface area contributed by atoms with Gasteiger partial charge in [0.25, 0.3) is 0 Å². The summed E-state index contributed by atoms with van der Waals surface area (Å²) in [7, 11) is 0. The van der Waals surface area contributed by atoms with Crippen LogP contribution >= 0.6 is 0 Å². The lowest BCUT2D eigenvalue weighted by atomic mass is 9.77. The maximum Gasteiger partial charge on any atom is 0.0565 e. The van der Waals surface area contributed by atoms with Gasteiger partial charge in [0.2, 0.25) is 0 Å². The van der Waals surface area contributed by atoms with Gasteiger partial charge in [-0.1, -0.05) is 33.6 Å². The molecule has 0 radical (unpaired) electrons. The standard InChI is InChI=1S/C10H22O/c1-5-7-10(4,8-6-2)9(3)11/h9,11H,5-8H2,1-4H3. The second-order valence-corrected chi connectivity index (χ2v) is 3.83. The van der Waals surface area contributed by atoms with Crippen molar-refractivity contribution in [2.24, 2.45) is 5.41 Å². The van der Waals surface area contributed by atoms with Gasteiger partial charge in [0.1, 0.15) is 0 Å². The van der Waals surface area contributed by atoms with Crippen LogP contribution in [0.25, 0.3) is 0 Å². The Balaban J connectivity index is 4.01. The summed E-state index contributed by atoms with van der Waals surface area (Å²) in [5.74, 6) is 0. The molecule has 0 heterocycles. The van der Waals surface area contributed by atoms with E-state index >= 15 is 0 Å². The minimum absolute atomic E-state index is 0.156. The molecule has 0 fully saturated rings. The van der Waals surface area contributed by atoms with Crippen molar-refractivity contribution in [3.8, 4) is 0 Å². The summed E-state index contributed by atoms with van der Waals surface area (Å²) < 4.78 is 0. The van der Waals surface area contributed by atoms with Gasteiger partial charge in [-0.2, -0.15) is 0 Å². The number of hydrogen-bond donors (Lipinski definition) is 1. The molecule has 0 amide bonds. The van der Waals surface area contributed by atoms with Crippen molar-refractivity contribution in [1.29, 1.82) is 0 Å². The molecule has 0 saturated heterocycles. The summed E-state index contributed by atoms with van der Waals surface area (Å²) in [4.78, 5) is 0. The molecule has 0 aromatic carbocycles. The largest absolute Gasteiger partial charge is 0.393 e. The van der Waals surface area contributed by atoms with E-state index in [1.54, 1.807) is 0 Å². The molecule has 0 saturated carbocycles. The topological polar surface area (TPSA) is 20.2 Å². The zero-order valence-electron chi connectivity index (χ0n) is 8.35. The van der Waals surface area contributed by atoms with Crippen LogP contribution in [0, 0.1) is 5.41 Å². The fraction of sp³-hybridized carbons (Fsp3) is 1.00. The third-order valence-corrected chi connectivity index (χ3v) is 2.65. The lowest BCUT2D eigenvalue weighted by molar-refractivity contribution is 0.0375. The Morgan fingerprint density at radius 1 is 1.18 bits per heavy atom. The minimum Gasteiger partial charge on any atom is -0.393 e. The zero-order valence-corrected chi connectivity index (χ0v) is 8.35. The molecule has 1 unspecified atom stereocenters. The van der Waals surface area contributed by atoms with Crippen LogP contribution in [0.15, 0.2) is 0 Å². The first-order chi connectivity index (χ1) is 5.06. The number of aliphatic hydroxyl groups is 1. The van der Waals surface area contributed by atoms with Gasteiger partial charge in [0.15, 0.2) is 0 Å². The van der Waals surface area contributed by atoms with E-state index in [0.29, 0.717) is 0 Å². The summed E-state index contributed by atoms with van der Waals surface area (Å²) in [5.41, 5.74) is 0.156. The first kappa shape index (κ1) is 11.0. The van der Waals surface area contributed by atoms with E-state index in [1.807, 2.05) is 6.92 Å². The summed E-state index contributed by atoms with van der Waals surface area (Å²) in [6.45, 7) is 8.45. The molecular formula is C10H22O. The Morgan fingerprint density at radius 3 is 1.73 bits per heavy atom. The molecule has 1 N–H and O–H groups in total. The molecule has 0 aliphatic heterocycles. The van der Waals surface area contributed by atoms with Crippen LogP contribution in [0.1, 0.15) is 53.4 Å². The molecule has 1 atom stereocenters. The molecule has 0 rings (SSSR count). The highest BCUT2D eigenvalue weighted by Gasteiger charge is 2.27. The second kappa shape index (κ2) is 4.76. The molecule has 0 aromatic rings. The van der Waals surface area contributed by atoms with Gasteiger partial charge < -0.3 is 5.11 Å². The normalized spacial score (nSPS) is 15.0. The highest BCUT2D eigenvalue weighted by Crippen LogP contribution is 2.32. The average Bonchev–Trinajstić information content (AvgIpc) is 1.88. The highest BCUT2D eigenvalue weighted by molar-refractivity contribution is 4.78. The first-order valence-electron chi connectivity index (χ1n) is 4.75. The van der Waals surface area contributed by atoms with Gasteiger partial charge in [-0.05, 0) is 25.2 Å². The Morgan fingerprint density at radius 2 is 1.55 bits per heavy atom. The Kier molecular flexibility index (Phi) is 4.74. The monoisotopic (exact) mass is 158 g/mol. The van der Waals surface area contributed by atoms with E-state index in [2.05, 4.69) is 20.8 Å². The number of hydrogen-bond acceptors (Lipinski definition) is 1. The molecule has 0 aliphatic rings. The molecule has 1 nitrogen and oxygen atoms in total. The third kappa shape index (κ3) is 3.24. The van der Waals surface area contributed by atoms with E-state index < -0.39 is 0 Å². The van der Waals surface area contributed by atoms with Crippen molar-refractivity contribution in [1.82, 2.24) is 0 Å². The van der Waals surface area contributed by atoms with Crippen LogP contribution in [-0.4, -0.2) is 11.2 Å². The Hall–Kier alpha value is -0.0400. The molecular weight excluding hydrogens is 136 g/mol. The average molecular weight is 158 g/mol. The van der Waals surface area contributed by atoms with Gasteiger partial charge >= 0.3 is 0 Å². The lowest BCUT2D eigenvalue weighted by Gasteiger charge is -2.32. The Labute approximate surface area is 70.8 Å².